The van der Waals surface area contributed by atoms with E-state index < -0.39 is 12.2 Å². The van der Waals surface area contributed by atoms with Crippen molar-refractivity contribution in [3.8, 4) is 22.9 Å². The predicted molar refractivity (Wildman–Crippen MR) is 146 cm³/mol. The summed E-state index contributed by atoms with van der Waals surface area (Å²) in [5.74, 6) is 1.04. The van der Waals surface area contributed by atoms with E-state index in [4.69, 9.17) is 9.47 Å². The van der Waals surface area contributed by atoms with E-state index in [9.17, 15) is 9.59 Å². The van der Waals surface area contributed by atoms with Gasteiger partial charge in [-0.2, -0.15) is 4.98 Å². The van der Waals surface area contributed by atoms with Crippen molar-refractivity contribution in [2.24, 2.45) is 0 Å². The lowest BCUT2D eigenvalue weighted by Gasteiger charge is -2.30. The van der Waals surface area contributed by atoms with Gasteiger partial charge in [-0.15, -0.1) is 10.2 Å². The number of anilines is 1. The molecule has 1 aliphatic rings. The van der Waals surface area contributed by atoms with Crippen molar-refractivity contribution in [3.63, 3.8) is 0 Å². The Labute approximate surface area is 228 Å². The Kier molecular flexibility index (Phi) is 7.92. The minimum atomic E-state index is -0.811. The Morgan fingerprint density at radius 2 is 1.85 bits per heavy atom. The molecule has 11 heteroatoms. The maximum absolute atomic E-state index is 13.0. The standard InChI is InChI=1S/C23H20I2N4O4S/c1-4-9-34-23-26-21-19(27-28-23)15-7-5-6-8-18(15)29(12(2)30)22(33-21)14-10-16(24)20(17(25)11-14)32-13(3)31/h5-8,10-11,22H,4,9H2,1-3H3. The lowest BCUT2D eigenvalue weighted by molar-refractivity contribution is -0.132. The molecule has 176 valence electrons. The van der Waals surface area contributed by atoms with Gasteiger partial charge in [0.25, 0.3) is 0 Å². The van der Waals surface area contributed by atoms with E-state index in [1.807, 2.05) is 36.4 Å². The van der Waals surface area contributed by atoms with Gasteiger partial charge < -0.3 is 9.47 Å². The molecule has 0 N–H and O–H groups in total. The van der Waals surface area contributed by atoms with Crippen molar-refractivity contribution in [1.82, 2.24) is 15.2 Å². The molecule has 1 unspecified atom stereocenters. The minimum Gasteiger partial charge on any atom is -0.447 e. The van der Waals surface area contributed by atoms with E-state index in [2.05, 4.69) is 67.3 Å². The van der Waals surface area contributed by atoms with E-state index in [0.717, 1.165) is 19.3 Å². The molecule has 2 aromatic carbocycles. The van der Waals surface area contributed by atoms with Gasteiger partial charge >= 0.3 is 5.97 Å². The summed E-state index contributed by atoms with van der Waals surface area (Å²) in [4.78, 5) is 30.7. The van der Waals surface area contributed by atoms with E-state index in [1.54, 1.807) is 4.90 Å². The quantitative estimate of drug-likeness (QED) is 0.147. The number of fused-ring (bicyclic) bond motifs is 3. The number of hydrogen-bond donors (Lipinski definition) is 0. The first-order chi connectivity index (χ1) is 16.3. The highest BCUT2D eigenvalue weighted by atomic mass is 127. The van der Waals surface area contributed by atoms with Crippen LogP contribution in [0, 0.1) is 7.14 Å². The number of hydrogen-bond acceptors (Lipinski definition) is 8. The Bertz CT molecular complexity index is 1250. The molecule has 1 aromatic heterocycles. The molecule has 0 saturated carbocycles. The van der Waals surface area contributed by atoms with E-state index in [-0.39, 0.29) is 5.91 Å². The summed E-state index contributed by atoms with van der Waals surface area (Å²) in [5.41, 5.74) is 2.55. The molecule has 0 spiro atoms. The van der Waals surface area contributed by atoms with Crippen molar-refractivity contribution < 1.29 is 19.1 Å². The van der Waals surface area contributed by atoms with Gasteiger partial charge in [0, 0.05) is 30.7 Å². The molecule has 0 radical (unpaired) electrons. The molecule has 34 heavy (non-hydrogen) atoms. The van der Waals surface area contributed by atoms with Gasteiger partial charge in [-0.1, -0.05) is 36.9 Å². The molecule has 0 aliphatic carbocycles. The van der Waals surface area contributed by atoms with Crippen molar-refractivity contribution in [3.05, 3.63) is 49.1 Å². The van der Waals surface area contributed by atoms with Crippen LogP contribution in [-0.4, -0.2) is 32.8 Å². The van der Waals surface area contributed by atoms with Crippen LogP contribution in [0.25, 0.3) is 11.3 Å². The fourth-order valence-corrected chi connectivity index (χ4v) is 6.16. The van der Waals surface area contributed by atoms with E-state index >= 15 is 0 Å². The number of thioether (sulfide) groups is 1. The fourth-order valence-electron chi connectivity index (χ4n) is 3.49. The third-order valence-electron chi connectivity index (χ3n) is 4.84. The molecule has 4 rings (SSSR count). The smallest absolute Gasteiger partial charge is 0.308 e. The van der Waals surface area contributed by atoms with E-state index in [0.29, 0.717) is 39.3 Å². The second-order valence-corrected chi connectivity index (χ2v) is 10.8. The van der Waals surface area contributed by atoms with Crippen LogP contribution in [0.3, 0.4) is 0 Å². The number of halogens is 2. The van der Waals surface area contributed by atoms with Crippen molar-refractivity contribution in [1.29, 1.82) is 0 Å². The molecule has 1 aliphatic heterocycles. The molecule has 8 nitrogen and oxygen atoms in total. The number of benzene rings is 2. The van der Waals surface area contributed by atoms with Crippen LogP contribution < -0.4 is 14.4 Å². The van der Waals surface area contributed by atoms with Crippen molar-refractivity contribution in [2.75, 3.05) is 10.7 Å². The summed E-state index contributed by atoms with van der Waals surface area (Å²) < 4.78 is 13.2. The van der Waals surface area contributed by atoms with Gasteiger partial charge in [-0.3, -0.25) is 14.5 Å². The summed E-state index contributed by atoms with van der Waals surface area (Å²) in [6, 6.07) is 11.2. The molecule has 0 bridgehead atoms. The van der Waals surface area contributed by atoms with Crippen molar-refractivity contribution >= 4 is 74.5 Å². The number of esters is 1. The van der Waals surface area contributed by atoms with Gasteiger partial charge in [0.05, 0.1) is 12.8 Å². The highest BCUT2D eigenvalue weighted by Gasteiger charge is 2.35. The van der Waals surface area contributed by atoms with E-state index in [1.165, 1.54) is 25.6 Å². The molecule has 1 atom stereocenters. The fraction of sp³-hybridized carbons (Fsp3) is 0.261. The third kappa shape index (κ3) is 5.15. The molecule has 1 amide bonds. The Hall–Kier alpha value is -2.00. The van der Waals surface area contributed by atoms with Gasteiger partial charge in [-0.25, -0.2) is 0 Å². The molecule has 0 saturated heterocycles. The Balaban J connectivity index is 1.89. The first kappa shape index (κ1) is 25.1. The Morgan fingerprint density at radius 3 is 2.50 bits per heavy atom. The molecular weight excluding hydrogens is 682 g/mol. The lowest BCUT2D eigenvalue weighted by Crippen LogP contribution is -2.36. The Morgan fingerprint density at radius 1 is 1.15 bits per heavy atom. The van der Waals surface area contributed by atoms with Gasteiger partial charge in [0.2, 0.25) is 23.2 Å². The predicted octanol–water partition coefficient (Wildman–Crippen LogP) is 5.62. The number of amides is 1. The third-order valence-corrected chi connectivity index (χ3v) is 7.48. The highest BCUT2D eigenvalue weighted by molar-refractivity contribution is 14.1. The van der Waals surface area contributed by atoms with Crippen molar-refractivity contribution in [2.45, 2.75) is 38.6 Å². The lowest BCUT2D eigenvalue weighted by atomic mass is 10.1. The minimum absolute atomic E-state index is 0.201. The zero-order valence-electron chi connectivity index (χ0n) is 18.5. The van der Waals surface area contributed by atoms with Crippen LogP contribution in [0.2, 0.25) is 0 Å². The average molecular weight is 702 g/mol. The number of nitrogens with zero attached hydrogens (tertiary/aromatic N) is 4. The largest absolute Gasteiger partial charge is 0.447 e. The summed E-state index contributed by atoms with van der Waals surface area (Å²) in [5, 5.41) is 9.21. The maximum Gasteiger partial charge on any atom is 0.308 e. The first-order valence-corrected chi connectivity index (χ1v) is 13.5. The number of para-hydroxylation sites is 1. The second kappa shape index (κ2) is 10.7. The number of aromatic nitrogens is 3. The van der Waals surface area contributed by atoms with Crippen LogP contribution in [0.4, 0.5) is 5.69 Å². The van der Waals surface area contributed by atoms with Crippen LogP contribution >= 0.6 is 56.9 Å². The summed E-state index contributed by atoms with van der Waals surface area (Å²) in [7, 11) is 0. The van der Waals surface area contributed by atoms with Gasteiger partial charge in [0.1, 0.15) is 0 Å². The monoisotopic (exact) mass is 702 g/mol. The average Bonchev–Trinajstić information content (AvgIpc) is 2.94. The molecule has 0 fully saturated rings. The zero-order valence-corrected chi connectivity index (χ0v) is 23.7. The molecule has 3 aromatic rings. The van der Waals surface area contributed by atoms with Gasteiger partial charge in [0.15, 0.2) is 11.4 Å². The highest BCUT2D eigenvalue weighted by Crippen LogP contribution is 2.44. The molecule has 2 heterocycles. The maximum atomic E-state index is 13.0. The number of ether oxygens (including phenoxy) is 2. The number of rotatable bonds is 5. The SMILES string of the molecule is CCCSc1nnc2c(n1)OC(c1cc(I)c(OC(C)=O)c(I)c1)N(C(C)=O)c1ccccc1-2. The van der Waals surface area contributed by atoms with Crippen LogP contribution in [0.1, 0.15) is 39.0 Å². The van der Waals surface area contributed by atoms with Crippen LogP contribution in [0.5, 0.6) is 11.6 Å². The number of carbonyl (C=O) groups excluding carboxylic acids is 2. The summed E-state index contributed by atoms with van der Waals surface area (Å²) >= 11 is 5.73. The summed E-state index contributed by atoms with van der Waals surface area (Å²) in [6.45, 7) is 4.94. The van der Waals surface area contributed by atoms with Crippen LogP contribution in [0.15, 0.2) is 41.6 Å². The second-order valence-electron chi connectivity index (χ2n) is 7.38. The topological polar surface area (TPSA) is 94.5 Å². The summed E-state index contributed by atoms with van der Waals surface area (Å²) in [6.07, 6.45) is 0.162. The molecular formula is C23H20I2N4O4S. The van der Waals surface area contributed by atoms with Gasteiger partial charge in [-0.05, 0) is 69.8 Å². The normalized spacial score (nSPS) is 14.5. The number of carbonyl (C=O) groups is 2. The first-order valence-electron chi connectivity index (χ1n) is 10.4. The van der Waals surface area contributed by atoms with Crippen LogP contribution in [-0.2, 0) is 9.59 Å². The zero-order chi connectivity index (χ0) is 24.4.